The van der Waals surface area contributed by atoms with E-state index in [-0.39, 0.29) is 6.61 Å². The van der Waals surface area contributed by atoms with E-state index >= 15 is 0 Å². The van der Waals surface area contributed by atoms with Crippen molar-refractivity contribution in [1.29, 1.82) is 5.26 Å². The van der Waals surface area contributed by atoms with E-state index in [9.17, 15) is 0 Å². The van der Waals surface area contributed by atoms with E-state index in [2.05, 4.69) is 20.8 Å². The van der Waals surface area contributed by atoms with Crippen molar-refractivity contribution in [3.05, 3.63) is 0 Å². The van der Waals surface area contributed by atoms with Gasteiger partial charge < -0.3 is 4.74 Å². The average Bonchev–Trinajstić information content (AvgIpc) is 2.38. The Morgan fingerprint density at radius 2 is 2.14 bits per heavy atom. The lowest BCUT2D eigenvalue weighted by atomic mass is 9.75. The molecule has 2 atom stereocenters. The van der Waals surface area contributed by atoms with Crippen molar-refractivity contribution in [2.45, 2.75) is 40.0 Å². The Morgan fingerprint density at radius 1 is 1.43 bits per heavy atom. The summed E-state index contributed by atoms with van der Waals surface area (Å²) in [5, 5.41) is 8.33. The minimum absolute atomic E-state index is 0.239. The maximum Gasteiger partial charge on any atom is 0.133 e. The van der Waals surface area contributed by atoms with Crippen LogP contribution < -0.4 is 0 Å². The van der Waals surface area contributed by atoms with Crippen LogP contribution in [-0.4, -0.2) is 13.2 Å². The summed E-state index contributed by atoms with van der Waals surface area (Å²) in [7, 11) is 0. The summed E-state index contributed by atoms with van der Waals surface area (Å²) < 4.78 is 5.21. The van der Waals surface area contributed by atoms with E-state index in [1.54, 1.807) is 0 Å². The molecule has 0 amide bonds. The molecule has 0 aromatic carbocycles. The molecule has 0 aromatic heterocycles. The van der Waals surface area contributed by atoms with Crippen LogP contribution in [0.5, 0.6) is 0 Å². The van der Waals surface area contributed by atoms with E-state index in [1.807, 2.05) is 6.07 Å². The smallest absolute Gasteiger partial charge is 0.133 e. The van der Waals surface area contributed by atoms with Crippen LogP contribution >= 0.6 is 0 Å². The monoisotopic (exact) mass is 195 g/mol. The molecule has 1 rings (SSSR count). The molecular formula is C12H21NO. The highest BCUT2D eigenvalue weighted by molar-refractivity contribution is 4.89. The fraction of sp³-hybridized carbons (Fsp3) is 0.917. The summed E-state index contributed by atoms with van der Waals surface area (Å²) in [4.78, 5) is 0. The summed E-state index contributed by atoms with van der Waals surface area (Å²) in [6.07, 6.45) is 3.78. The first-order chi connectivity index (χ1) is 6.59. The van der Waals surface area contributed by atoms with E-state index in [4.69, 9.17) is 10.00 Å². The molecule has 1 saturated carbocycles. The van der Waals surface area contributed by atoms with E-state index in [0.717, 1.165) is 24.9 Å². The van der Waals surface area contributed by atoms with Gasteiger partial charge in [0.2, 0.25) is 0 Å². The summed E-state index contributed by atoms with van der Waals surface area (Å²) in [6.45, 7) is 8.05. The van der Waals surface area contributed by atoms with Gasteiger partial charge >= 0.3 is 0 Å². The number of hydrogen-bond donors (Lipinski definition) is 0. The quantitative estimate of drug-likeness (QED) is 0.646. The first-order valence-corrected chi connectivity index (χ1v) is 5.53. The molecule has 1 aliphatic rings. The molecule has 2 heteroatoms. The molecule has 0 aliphatic heterocycles. The van der Waals surface area contributed by atoms with Crippen molar-refractivity contribution >= 4 is 0 Å². The Labute approximate surface area is 87.3 Å². The first kappa shape index (κ1) is 11.5. The zero-order valence-corrected chi connectivity index (χ0v) is 9.55. The van der Waals surface area contributed by atoms with Crippen molar-refractivity contribution in [2.75, 3.05) is 13.2 Å². The number of nitrogens with zero attached hydrogens (tertiary/aromatic N) is 1. The van der Waals surface area contributed by atoms with Gasteiger partial charge in [-0.2, -0.15) is 5.26 Å². The molecule has 0 saturated heterocycles. The number of hydrogen-bond acceptors (Lipinski definition) is 2. The van der Waals surface area contributed by atoms with Gasteiger partial charge in [0, 0.05) is 6.61 Å². The largest absolute Gasteiger partial charge is 0.367 e. The molecule has 0 aromatic rings. The highest BCUT2D eigenvalue weighted by Crippen LogP contribution is 2.48. The lowest BCUT2D eigenvalue weighted by molar-refractivity contribution is 0.112. The Morgan fingerprint density at radius 3 is 2.64 bits per heavy atom. The Hall–Kier alpha value is -0.550. The fourth-order valence-corrected chi connectivity index (χ4v) is 2.46. The van der Waals surface area contributed by atoms with Gasteiger partial charge in [0.1, 0.15) is 6.61 Å². The fourth-order valence-electron chi connectivity index (χ4n) is 2.46. The number of ether oxygens (including phenoxy) is 1. The minimum atomic E-state index is 0.239. The summed E-state index contributed by atoms with van der Waals surface area (Å²) >= 11 is 0. The predicted molar refractivity (Wildman–Crippen MR) is 56.7 cm³/mol. The first-order valence-electron chi connectivity index (χ1n) is 5.53. The maximum atomic E-state index is 8.33. The van der Waals surface area contributed by atoms with E-state index < -0.39 is 0 Å². The SMILES string of the molecule is CC1CC[C@@H](CCOCC#N)C1(C)C. The van der Waals surface area contributed by atoms with E-state index in [1.165, 1.54) is 12.8 Å². The molecule has 0 radical (unpaired) electrons. The van der Waals surface area contributed by atoms with Crippen molar-refractivity contribution in [3.8, 4) is 6.07 Å². The zero-order valence-electron chi connectivity index (χ0n) is 9.55. The topological polar surface area (TPSA) is 33.0 Å². The predicted octanol–water partition coefficient (Wildman–Crippen LogP) is 2.99. The molecule has 0 bridgehead atoms. The number of nitriles is 1. The van der Waals surface area contributed by atoms with Gasteiger partial charge in [-0.25, -0.2) is 0 Å². The van der Waals surface area contributed by atoms with Crippen LogP contribution in [0, 0.1) is 28.6 Å². The van der Waals surface area contributed by atoms with Crippen LogP contribution in [0.1, 0.15) is 40.0 Å². The van der Waals surface area contributed by atoms with Crippen molar-refractivity contribution in [2.24, 2.45) is 17.3 Å². The normalized spacial score (nSPS) is 30.1. The van der Waals surface area contributed by atoms with Crippen LogP contribution in [0.4, 0.5) is 0 Å². The van der Waals surface area contributed by atoms with Crippen LogP contribution in [0.2, 0.25) is 0 Å². The van der Waals surface area contributed by atoms with E-state index in [0.29, 0.717) is 5.41 Å². The molecule has 2 nitrogen and oxygen atoms in total. The van der Waals surface area contributed by atoms with Crippen LogP contribution in [0.3, 0.4) is 0 Å². The maximum absolute atomic E-state index is 8.33. The van der Waals surface area contributed by atoms with Gasteiger partial charge in [-0.3, -0.25) is 0 Å². The van der Waals surface area contributed by atoms with Gasteiger partial charge in [-0.05, 0) is 36.5 Å². The summed E-state index contributed by atoms with van der Waals surface area (Å²) in [6, 6.07) is 2.00. The summed E-state index contributed by atoms with van der Waals surface area (Å²) in [5.41, 5.74) is 0.454. The molecular weight excluding hydrogens is 174 g/mol. The highest BCUT2D eigenvalue weighted by Gasteiger charge is 2.39. The van der Waals surface area contributed by atoms with Crippen molar-refractivity contribution in [1.82, 2.24) is 0 Å². The van der Waals surface area contributed by atoms with Crippen LogP contribution in [0.25, 0.3) is 0 Å². The molecule has 0 spiro atoms. The molecule has 1 aliphatic carbocycles. The third kappa shape index (κ3) is 2.48. The Balaban J connectivity index is 2.29. The highest BCUT2D eigenvalue weighted by atomic mass is 16.5. The van der Waals surface area contributed by atoms with Gasteiger partial charge in [0.15, 0.2) is 0 Å². The average molecular weight is 195 g/mol. The molecule has 1 unspecified atom stereocenters. The number of rotatable bonds is 4. The second-order valence-electron chi connectivity index (χ2n) is 5.00. The molecule has 0 N–H and O–H groups in total. The van der Waals surface area contributed by atoms with Gasteiger partial charge in [-0.15, -0.1) is 0 Å². The minimum Gasteiger partial charge on any atom is -0.367 e. The zero-order chi connectivity index (χ0) is 10.6. The van der Waals surface area contributed by atoms with Crippen molar-refractivity contribution in [3.63, 3.8) is 0 Å². The van der Waals surface area contributed by atoms with Gasteiger partial charge in [0.25, 0.3) is 0 Å². The lowest BCUT2D eigenvalue weighted by Crippen LogP contribution is -2.24. The molecule has 80 valence electrons. The molecule has 14 heavy (non-hydrogen) atoms. The third-order valence-corrected chi connectivity index (χ3v) is 4.05. The molecule has 1 fully saturated rings. The second kappa shape index (κ2) is 4.79. The van der Waals surface area contributed by atoms with Crippen LogP contribution in [-0.2, 0) is 4.74 Å². The molecule has 0 heterocycles. The van der Waals surface area contributed by atoms with Crippen LogP contribution in [0.15, 0.2) is 0 Å². The van der Waals surface area contributed by atoms with Crippen molar-refractivity contribution < 1.29 is 4.74 Å². The third-order valence-electron chi connectivity index (χ3n) is 4.05. The second-order valence-corrected chi connectivity index (χ2v) is 5.00. The standard InChI is InChI=1S/C12H21NO/c1-10-4-5-11(12(10,2)3)6-8-14-9-7-13/h10-11H,4-6,8-9H2,1-3H3/t10?,11-/m0/s1. The Bertz CT molecular complexity index is 217. The summed E-state index contributed by atoms with van der Waals surface area (Å²) in [5.74, 6) is 1.60. The van der Waals surface area contributed by atoms with Gasteiger partial charge in [0.05, 0.1) is 6.07 Å². The van der Waals surface area contributed by atoms with Gasteiger partial charge in [-0.1, -0.05) is 20.8 Å². The lowest BCUT2D eigenvalue weighted by Gasteiger charge is -2.31. The Kier molecular flexibility index (Phi) is 3.95.